The number of methoxy groups -OCH3 is 4. The Morgan fingerprint density at radius 3 is 2.06 bits per heavy atom. The first-order valence-electron chi connectivity index (χ1n) is 9.36. The molecule has 0 aliphatic heterocycles. The second-order valence-electron chi connectivity index (χ2n) is 6.59. The van der Waals surface area contributed by atoms with Gasteiger partial charge in [-0.2, -0.15) is 0 Å². The highest BCUT2D eigenvalue weighted by molar-refractivity contribution is 5.87. The predicted octanol–water partition coefficient (Wildman–Crippen LogP) is 5.20. The van der Waals surface area contributed by atoms with Gasteiger partial charge in [0.2, 0.25) is 5.75 Å². The highest BCUT2D eigenvalue weighted by Crippen LogP contribution is 2.43. The van der Waals surface area contributed by atoms with Gasteiger partial charge in [-0.3, -0.25) is 0 Å². The highest BCUT2D eigenvalue weighted by atomic mass is 19.1. The van der Waals surface area contributed by atoms with E-state index in [-0.39, 0.29) is 5.75 Å². The van der Waals surface area contributed by atoms with Gasteiger partial charge in [-0.25, -0.2) is 9.37 Å². The van der Waals surface area contributed by atoms with Crippen molar-refractivity contribution in [3.8, 4) is 45.6 Å². The fraction of sp³-hybridized carbons (Fsp3) is 0.174. The van der Waals surface area contributed by atoms with Gasteiger partial charge in [-0.1, -0.05) is 6.07 Å². The molecule has 3 aromatic carbocycles. The second-order valence-corrected chi connectivity index (χ2v) is 6.59. The minimum Gasteiger partial charge on any atom is -0.494 e. The lowest BCUT2D eigenvalue weighted by molar-refractivity contribution is 0.321. The molecule has 1 N–H and O–H groups in total. The van der Waals surface area contributed by atoms with Gasteiger partial charge in [0.15, 0.2) is 28.8 Å². The molecule has 0 bridgehead atoms. The first-order chi connectivity index (χ1) is 15.1. The summed E-state index contributed by atoms with van der Waals surface area (Å²) in [7, 11) is 6.03. The zero-order chi connectivity index (χ0) is 22.0. The average molecular weight is 424 g/mol. The number of nitrogens with zero attached hydrogens (tertiary/aromatic N) is 1. The van der Waals surface area contributed by atoms with Crippen LogP contribution >= 0.6 is 0 Å². The lowest BCUT2D eigenvalue weighted by Gasteiger charge is -2.15. The van der Waals surface area contributed by atoms with E-state index in [0.29, 0.717) is 39.8 Å². The first-order valence-corrected chi connectivity index (χ1v) is 9.36. The van der Waals surface area contributed by atoms with E-state index in [1.54, 1.807) is 36.7 Å². The quantitative estimate of drug-likeness (QED) is 0.440. The topological polar surface area (TPSA) is 74.8 Å². The van der Waals surface area contributed by atoms with Gasteiger partial charge in [0, 0.05) is 12.1 Å². The van der Waals surface area contributed by atoms with E-state index in [0.717, 1.165) is 11.1 Å². The largest absolute Gasteiger partial charge is 0.494 e. The molecule has 4 aromatic rings. The molecule has 0 amide bonds. The molecular weight excluding hydrogens is 403 g/mol. The molecule has 0 aliphatic rings. The van der Waals surface area contributed by atoms with Crippen LogP contribution in [0.4, 0.5) is 4.39 Å². The number of hydrogen-bond acceptors (Lipinski definition) is 6. The number of rotatable bonds is 7. The van der Waals surface area contributed by atoms with Crippen LogP contribution in [0.1, 0.15) is 0 Å². The molecule has 0 saturated carbocycles. The van der Waals surface area contributed by atoms with Gasteiger partial charge < -0.3 is 28.7 Å². The zero-order valence-corrected chi connectivity index (χ0v) is 17.5. The standard InChI is InChI=1S/C23H21FN2O5/c1-27-18-6-5-13(7-16(18)24)14-8-17-22(26-12-25-17)19(9-14)31-15-10-20(28-2)23(30-4)21(11-15)29-3/h5-12H,1-4H3,(H,25,26). The molecule has 0 aliphatic carbocycles. The van der Waals surface area contributed by atoms with Crippen LogP contribution in [0.15, 0.2) is 48.8 Å². The van der Waals surface area contributed by atoms with Gasteiger partial charge in [0.1, 0.15) is 11.3 Å². The number of ether oxygens (including phenoxy) is 5. The fourth-order valence-corrected chi connectivity index (χ4v) is 3.35. The number of nitrogens with one attached hydrogen (secondary N) is 1. The Labute approximate surface area is 178 Å². The van der Waals surface area contributed by atoms with Crippen LogP contribution in [0, 0.1) is 5.82 Å². The third-order valence-electron chi connectivity index (χ3n) is 4.84. The first kappa shape index (κ1) is 20.3. The van der Waals surface area contributed by atoms with Crippen LogP contribution in [0.5, 0.6) is 34.5 Å². The predicted molar refractivity (Wildman–Crippen MR) is 114 cm³/mol. The number of hydrogen-bond donors (Lipinski definition) is 1. The summed E-state index contributed by atoms with van der Waals surface area (Å²) in [5.41, 5.74) is 2.80. The smallest absolute Gasteiger partial charge is 0.203 e. The monoisotopic (exact) mass is 424 g/mol. The number of fused-ring (bicyclic) bond motifs is 1. The molecule has 0 radical (unpaired) electrons. The third-order valence-corrected chi connectivity index (χ3v) is 4.84. The molecule has 4 rings (SSSR count). The normalized spacial score (nSPS) is 10.7. The summed E-state index contributed by atoms with van der Waals surface area (Å²) < 4.78 is 41.6. The summed E-state index contributed by atoms with van der Waals surface area (Å²) in [6, 6.07) is 11.8. The van der Waals surface area contributed by atoms with E-state index in [2.05, 4.69) is 9.97 Å². The van der Waals surface area contributed by atoms with Crippen molar-refractivity contribution in [1.29, 1.82) is 0 Å². The van der Waals surface area contributed by atoms with Gasteiger partial charge in [0.05, 0.1) is 40.3 Å². The maximum absolute atomic E-state index is 14.3. The Morgan fingerprint density at radius 2 is 1.45 bits per heavy atom. The summed E-state index contributed by atoms with van der Waals surface area (Å²) in [6.07, 6.45) is 1.57. The number of imidazole rings is 1. The van der Waals surface area contributed by atoms with Crippen LogP contribution in [-0.2, 0) is 0 Å². The second kappa shape index (κ2) is 8.43. The molecule has 31 heavy (non-hydrogen) atoms. The maximum atomic E-state index is 14.3. The van der Waals surface area contributed by atoms with Crippen LogP contribution in [-0.4, -0.2) is 38.4 Å². The molecule has 0 unspecified atom stereocenters. The number of aromatic nitrogens is 2. The van der Waals surface area contributed by atoms with Crippen molar-refractivity contribution in [2.75, 3.05) is 28.4 Å². The number of H-pyrrole nitrogens is 1. The van der Waals surface area contributed by atoms with Crippen molar-refractivity contribution < 1.29 is 28.1 Å². The number of aromatic amines is 1. The minimum absolute atomic E-state index is 0.181. The van der Waals surface area contributed by atoms with Crippen molar-refractivity contribution in [2.24, 2.45) is 0 Å². The van der Waals surface area contributed by atoms with Crippen LogP contribution in [0.25, 0.3) is 22.2 Å². The fourth-order valence-electron chi connectivity index (χ4n) is 3.35. The molecule has 1 heterocycles. The van der Waals surface area contributed by atoms with Crippen LogP contribution in [0.3, 0.4) is 0 Å². The molecule has 0 fully saturated rings. The third kappa shape index (κ3) is 3.79. The van der Waals surface area contributed by atoms with Crippen molar-refractivity contribution in [3.05, 3.63) is 54.6 Å². The molecule has 160 valence electrons. The van der Waals surface area contributed by atoms with Crippen molar-refractivity contribution >= 4 is 11.0 Å². The summed E-state index contributed by atoms with van der Waals surface area (Å²) >= 11 is 0. The van der Waals surface area contributed by atoms with E-state index in [1.165, 1.54) is 34.5 Å². The SMILES string of the molecule is COc1ccc(-c2cc(Oc3cc(OC)c(OC)c(OC)c3)c3nc[nH]c3c2)cc1F. The van der Waals surface area contributed by atoms with Crippen molar-refractivity contribution in [3.63, 3.8) is 0 Å². The Balaban J connectivity index is 1.80. The molecule has 0 saturated heterocycles. The van der Waals surface area contributed by atoms with Gasteiger partial charge in [-0.05, 0) is 35.4 Å². The molecule has 7 nitrogen and oxygen atoms in total. The summed E-state index contributed by atoms with van der Waals surface area (Å²) in [5, 5.41) is 0. The van der Waals surface area contributed by atoms with E-state index >= 15 is 0 Å². The summed E-state index contributed by atoms with van der Waals surface area (Å²) in [5.74, 6) is 2.07. The van der Waals surface area contributed by atoms with Crippen molar-refractivity contribution in [1.82, 2.24) is 9.97 Å². The number of halogens is 1. The Hall–Kier alpha value is -3.94. The molecule has 8 heteroatoms. The zero-order valence-electron chi connectivity index (χ0n) is 17.5. The van der Waals surface area contributed by atoms with Crippen molar-refractivity contribution in [2.45, 2.75) is 0 Å². The van der Waals surface area contributed by atoms with Gasteiger partial charge >= 0.3 is 0 Å². The highest BCUT2D eigenvalue weighted by Gasteiger charge is 2.17. The molecule has 0 atom stereocenters. The minimum atomic E-state index is -0.447. The van der Waals surface area contributed by atoms with Gasteiger partial charge in [-0.15, -0.1) is 0 Å². The van der Waals surface area contributed by atoms with E-state index in [9.17, 15) is 4.39 Å². The van der Waals surface area contributed by atoms with Crippen LogP contribution < -0.4 is 23.7 Å². The van der Waals surface area contributed by atoms with Crippen LogP contribution in [0.2, 0.25) is 0 Å². The molecular formula is C23H21FN2O5. The van der Waals surface area contributed by atoms with E-state index in [4.69, 9.17) is 23.7 Å². The maximum Gasteiger partial charge on any atom is 0.203 e. The van der Waals surface area contributed by atoms with E-state index < -0.39 is 5.82 Å². The van der Waals surface area contributed by atoms with E-state index in [1.807, 2.05) is 6.07 Å². The molecule has 1 aromatic heterocycles. The summed E-state index contributed by atoms with van der Waals surface area (Å²) in [4.78, 5) is 7.43. The number of benzene rings is 3. The molecule has 0 spiro atoms. The summed E-state index contributed by atoms with van der Waals surface area (Å²) in [6.45, 7) is 0. The average Bonchev–Trinajstić information content (AvgIpc) is 3.27. The Morgan fingerprint density at radius 1 is 0.742 bits per heavy atom. The Kier molecular flexibility index (Phi) is 5.53. The lowest BCUT2D eigenvalue weighted by atomic mass is 10.0. The Bertz CT molecular complexity index is 1210. The van der Waals surface area contributed by atoms with Gasteiger partial charge in [0.25, 0.3) is 0 Å². The lowest BCUT2D eigenvalue weighted by Crippen LogP contribution is -1.96.